The largest absolute Gasteiger partial charge is 0.481 e. The third-order valence-corrected chi connectivity index (χ3v) is 7.17. The summed E-state index contributed by atoms with van der Waals surface area (Å²) in [5.74, 6) is -2.25. The molecule has 0 amide bonds. The van der Waals surface area contributed by atoms with Crippen LogP contribution in [0, 0.1) is 29.1 Å². The van der Waals surface area contributed by atoms with Gasteiger partial charge >= 0.3 is 11.9 Å². The van der Waals surface area contributed by atoms with E-state index in [0.717, 1.165) is 12.8 Å². The quantitative estimate of drug-likeness (QED) is 0.218. The molecule has 180 valence electrons. The molecule has 0 aromatic heterocycles. The van der Waals surface area contributed by atoms with Gasteiger partial charge in [0.15, 0.2) is 5.78 Å². The van der Waals surface area contributed by atoms with Crippen LogP contribution in [0.2, 0.25) is 0 Å². The lowest BCUT2D eigenvalue weighted by Crippen LogP contribution is -2.49. The Bertz CT molecular complexity index is 879. The molecule has 33 heavy (non-hydrogen) atoms. The summed E-state index contributed by atoms with van der Waals surface area (Å²) >= 11 is 0. The molecule has 0 spiro atoms. The molecule has 2 aliphatic carbocycles. The maximum absolute atomic E-state index is 12.7. The second kappa shape index (κ2) is 11.4. The second-order valence-electron chi connectivity index (χ2n) is 9.73. The number of esters is 1. The third-order valence-electron chi connectivity index (χ3n) is 7.17. The minimum Gasteiger partial charge on any atom is -0.481 e. The van der Waals surface area contributed by atoms with Gasteiger partial charge in [0.25, 0.3) is 0 Å². The van der Waals surface area contributed by atoms with Gasteiger partial charge in [0, 0.05) is 11.5 Å². The van der Waals surface area contributed by atoms with E-state index in [2.05, 4.69) is 27.4 Å². The molecular formula is C27H36O6. The fourth-order valence-electron chi connectivity index (χ4n) is 5.02. The highest BCUT2D eigenvalue weighted by Gasteiger charge is 2.53. The zero-order valence-corrected chi connectivity index (χ0v) is 20.1. The number of rotatable bonds is 10. The number of carboxylic acids is 1. The molecule has 6 nitrogen and oxygen atoms in total. The lowest BCUT2D eigenvalue weighted by atomic mass is 9.56. The summed E-state index contributed by atoms with van der Waals surface area (Å²) in [5.41, 5.74) is -0.258. The van der Waals surface area contributed by atoms with Crippen LogP contribution in [-0.2, 0) is 23.9 Å². The number of ether oxygens (including phenoxy) is 1. The highest BCUT2D eigenvalue weighted by molar-refractivity contribution is 6.00. The van der Waals surface area contributed by atoms with Gasteiger partial charge in [0.05, 0.1) is 11.8 Å². The Labute approximate surface area is 196 Å². The average molecular weight is 457 g/mol. The number of carbonyl (C=O) groups excluding carboxylic acids is 3. The van der Waals surface area contributed by atoms with Crippen molar-refractivity contribution in [3.05, 3.63) is 48.1 Å². The molecule has 0 saturated heterocycles. The van der Waals surface area contributed by atoms with Crippen molar-refractivity contribution in [2.75, 3.05) is 0 Å². The molecule has 0 bridgehead atoms. The van der Waals surface area contributed by atoms with Gasteiger partial charge in [-0.15, -0.1) is 0 Å². The normalized spacial score (nSPS) is 29.3. The number of fused-ring (bicyclic) bond motifs is 1. The van der Waals surface area contributed by atoms with Crippen LogP contribution in [0.4, 0.5) is 0 Å². The molecule has 1 saturated carbocycles. The molecule has 6 heteroatoms. The smallest absolute Gasteiger partial charge is 0.331 e. The number of ketones is 1. The summed E-state index contributed by atoms with van der Waals surface area (Å²) in [4.78, 5) is 48.3. The van der Waals surface area contributed by atoms with E-state index in [1.165, 1.54) is 12.2 Å². The van der Waals surface area contributed by atoms with Gasteiger partial charge in [0.2, 0.25) is 0 Å². The van der Waals surface area contributed by atoms with Gasteiger partial charge in [-0.05, 0) is 54.7 Å². The standard InChI is InChI=1S/C27H36O6/c1-6-17(2)13-18(3)9-7-8-10-25(30)33-24-12-11-21(26(31)32)27(5)15-20(19(4)16-28)23(29)14-22(24)27/h7-10,14,16-18,20-21,24H,4,6,11-13,15H2,1-3,5H3,(H,31,32)/b9-7+,10-8+/t17?,18?,20-,21+,24?,27+/m0/s1. The fraction of sp³-hybridized carbons (Fsp3) is 0.556. The Morgan fingerprint density at radius 2 is 2.00 bits per heavy atom. The number of hydrogen-bond donors (Lipinski definition) is 1. The maximum atomic E-state index is 12.7. The lowest BCUT2D eigenvalue weighted by molar-refractivity contribution is -0.152. The topological polar surface area (TPSA) is 97.7 Å². The number of allylic oxidation sites excluding steroid dienone is 5. The molecule has 0 aliphatic heterocycles. The highest BCUT2D eigenvalue weighted by Crippen LogP contribution is 2.53. The van der Waals surface area contributed by atoms with Crippen LogP contribution < -0.4 is 0 Å². The van der Waals surface area contributed by atoms with Gasteiger partial charge in [-0.1, -0.05) is 58.9 Å². The predicted molar refractivity (Wildman–Crippen MR) is 126 cm³/mol. The van der Waals surface area contributed by atoms with Gasteiger partial charge in [-0.3, -0.25) is 14.4 Å². The highest BCUT2D eigenvalue weighted by atomic mass is 16.5. The van der Waals surface area contributed by atoms with Gasteiger partial charge in [0.1, 0.15) is 12.4 Å². The monoisotopic (exact) mass is 456 g/mol. The molecule has 0 aromatic carbocycles. The average Bonchev–Trinajstić information content (AvgIpc) is 2.76. The molecule has 1 fully saturated rings. The molecule has 6 atom stereocenters. The minimum atomic E-state index is -0.963. The predicted octanol–water partition coefficient (Wildman–Crippen LogP) is 4.85. The van der Waals surface area contributed by atoms with E-state index in [4.69, 9.17) is 4.74 Å². The molecular weight excluding hydrogens is 420 g/mol. The number of carboxylic acid groups (broad SMARTS) is 1. The van der Waals surface area contributed by atoms with E-state index in [9.17, 15) is 24.3 Å². The summed E-state index contributed by atoms with van der Waals surface area (Å²) in [6.45, 7) is 11.9. The zero-order valence-electron chi connectivity index (χ0n) is 20.1. The molecule has 1 N–H and O–H groups in total. The summed E-state index contributed by atoms with van der Waals surface area (Å²) in [6.07, 6.45) is 11.1. The van der Waals surface area contributed by atoms with E-state index < -0.39 is 35.3 Å². The molecule has 0 radical (unpaired) electrons. The zero-order chi connectivity index (χ0) is 24.8. The number of aliphatic carboxylic acids is 1. The van der Waals surface area contributed by atoms with Crippen molar-refractivity contribution in [3.63, 3.8) is 0 Å². The first-order valence-corrected chi connectivity index (χ1v) is 11.7. The first-order chi connectivity index (χ1) is 15.5. The van der Waals surface area contributed by atoms with Crippen LogP contribution in [0.1, 0.15) is 59.8 Å². The Morgan fingerprint density at radius 1 is 1.30 bits per heavy atom. The third kappa shape index (κ3) is 6.40. The van der Waals surface area contributed by atoms with Gasteiger partial charge in [-0.2, -0.15) is 0 Å². The summed E-state index contributed by atoms with van der Waals surface area (Å²) in [6, 6.07) is 0. The fourth-order valence-corrected chi connectivity index (χ4v) is 5.02. The van der Waals surface area contributed by atoms with Crippen LogP contribution in [0.15, 0.2) is 48.1 Å². The first-order valence-electron chi connectivity index (χ1n) is 11.7. The molecule has 3 unspecified atom stereocenters. The Balaban J connectivity index is 2.15. The maximum Gasteiger partial charge on any atom is 0.331 e. The number of aldehydes is 1. The van der Waals surface area contributed by atoms with Crippen LogP contribution >= 0.6 is 0 Å². The van der Waals surface area contributed by atoms with Crippen molar-refractivity contribution in [3.8, 4) is 0 Å². The van der Waals surface area contributed by atoms with Crippen molar-refractivity contribution in [2.24, 2.45) is 29.1 Å². The van der Waals surface area contributed by atoms with Crippen molar-refractivity contribution in [1.29, 1.82) is 0 Å². The summed E-state index contributed by atoms with van der Waals surface area (Å²) in [7, 11) is 0. The van der Waals surface area contributed by atoms with E-state index >= 15 is 0 Å². The van der Waals surface area contributed by atoms with Crippen molar-refractivity contribution < 1.29 is 29.0 Å². The molecule has 2 rings (SSSR count). The Morgan fingerprint density at radius 3 is 2.61 bits per heavy atom. The van der Waals surface area contributed by atoms with Crippen molar-refractivity contribution in [1.82, 2.24) is 0 Å². The number of carbonyl (C=O) groups is 4. The SMILES string of the molecule is C=C(C=O)[C@@H]1C[C@@]2(C)C(=CC1=O)C(OC(=O)/C=C/C=C/C(C)CC(C)CC)CC[C@@H]2C(=O)O. The van der Waals surface area contributed by atoms with Crippen molar-refractivity contribution >= 4 is 24.0 Å². The Kier molecular flexibility index (Phi) is 9.15. The first kappa shape index (κ1) is 26.5. The lowest BCUT2D eigenvalue weighted by Gasteiger charge is -2.48. The van der Waals surface area contributed by atoms with Gasteiger partial charge < -0.3 is 9.84 Å². The van der Waals surface area contributed by atoms with Crippen LogP contribution in [0.5, 0.6) is 0 Å². The van der Waals surface area contributed by atoms with Crippen LogP contribution in [0.3, 0.4) is 0 Å². The van der Waals surface area contributed by atoms with E-state index in [0.29, 0.717) is 36.5 Å². The van der Waals surface area contributed by atoms with E-state index in [-0.39, 0.29) is 17.8 Å². The minimum absolute atomic E-state index is 0.136. The van der Waals surface area contributed by atoms with E-state index in [1.54, 1.807) is 13.0 Å². The van der Waals surface area contributed by atoms with E-state index in [1.807, 2.05) is 12.2 Å². The van der Waals surface area contributed by atoms with Crippen LogP contribution in [-0.4, -0.2) is 35.2 Å². The van der Waals surface area contributed by atoms with Crippen molar-refractivity contribution in [2.45, 2.75) is 65.9 Å². The van der Waals surface area contributed by atoms with Crippen LogP contribution in [0.25, 0.3) is 0 Å². The summed E-state index contributed by atoms with van der Waals surface area (Å²) in [5, 5.41) is 9.79. The Hall–Kier alpha value is -2.76. The number of hydrogen-bond acceptors (Lipinski definition) is 5. The van der Waals surface area contributed by atoms with Gasteiger partial charge in [-0.25, -0.2) is 4.79 Å². The molecule has 2 aliphatic rings. The second-order valence-corrected chi connectivity index (χ2v) is 9.73. The molecule has 0 aromatic rings. The summed E-state index contributed by atoms with van der Waals surface area (Å²) < 4.78 is 5.65. The molecule has 0 heterocycles.